The molecule has 16 heteroatoms. The van der Waals surface area contributed by atoms with E-state index in [1.807, 2.05) is 0 Å². The van der Waals surface area contributed by atoms with E-state index in [-0.39, 0.29) is 47.3 Å². The maximum Gasteiger partial charge on any atom is 0.459 e. The molecule has 12 nitrogen and oxygen atoms in total. The van der Waals surface area contributed by atoms with Crippen molar-refractivity contribution in [1.29, 1.82) is 0 Å². The van der Waals surface area contributed by atoms with Gasteiger partial charge in [0, 0.05) is 5.92 Å². The number of para-hydroxylation sites is 1. The zero-order valence-electron chi connectivity index (χ0n) is 19.9. The topological polar surface area (TPSA) is 164 Å². The Labute approximate surface area is 214 Å². The molecule has 0 spiro atoms. The van der Waals surface area contributed by atoms with Gasteiger partial charge in [-0.05, 0) is 25.5 Å². The predicted molar refractivity (Wildman–Crippen MR) is 128 cm³/mol. The van der Waals surface area contributed by atoms with Gasteiger partial charge in [-0.1, -0.05) is 30.4 Å². The van der Waals surface area contributed by atoms with E-state index in [9.17, 15) is 27.6 Å². The molecule has 0 radical (unpaired) electrons. The van der Waals surface area contributed by atoms with Gasteiger partial charge in [0.25, 0.3) is 0 Å². The number of hydrogen-bond donors (Lipinski definition) is 3. The number of anilines is 1. The average molecular weight is 556 g/mol. The smallest absolute Gasteiger partial charge is 0.459 e. The molecule has 38 heavy (non-hydrogen) atoms. The fourth-order valence-corrected chi connectivity index (χ4v) is 5.23. The number of alkyl halides is 3. The number of aromatic nitrogens is 4. The van der Waals surface area contributed by atoms with Crippen LogP contribution in [0.4, 0.5) is 19.1 Å². The van der Waals surface area contributed by atoms with E-state index in [0.29, 0.717) is 6.42 Å². The first-order chi connectivity index (χ1) is 17.9. The highest BCUT2D eigenvalue weighted by atomic mass is 31.2. The molecule has 4 N–H and O–H groups in total. The summed E-state index contributed by atoms with van der Waals surface area (Å²) in [4.78, 5) is 23.2. The number of aliphatic carboxylic acids is 1. The van der Waals surface area contributed by atoms with Gasteiger partial charge >= 0.3 is 19.9 Å². The van der Waals surface area contributed by atoms with Crippen LogP contribution >= 0.6 is 7.75 Å². The molecule has 204 valence electrons. The maximum atomic E-state index is 13.4. The number of nitrogen functional groups attached to an aromatic ring is 1. The lowest BCUT2D eigenvalue weighted by Crippen LogP contribution is -2.33. The molecule has 4 atom stereocenters. The van der Waals surface area contributed by atoms with Crippen LogP contribution in [0.5, 0.6) is 11.6 Å². The van der Waals surface area contributed by atoms with Crippen molar-refractivity contribution >= 4 is 30.8 Å². The van der Waals surface area contributed by atoms with Gasteiger partial charge in [0.05, 0.1) is 19.0 Å². The number of carboxylic acids is 1. The lowest BCUT2D eigenvalue weighted by Gasteiger charge is -2.23. The quantitative estimate of drug-likeness (QED) is 0.233. The first-order valence-corrected chi connectivity index (χ1v) is 12.8. The summed E-state index contributed by atoms with van der Waals surface area (Å²) in [5, 5.41) is 11.6. The number of nitrogens with one attached hydrogen (secondary N) is 1. The summed E-state index contributed by atoms with van der Waals surface area (Å²) in [7, 11) is -4.09. The fourth-order valence-electron chi connectivity index (χ4n) is 3.68. The molecule has 4 rings (SSSR count). The van der Waals surface area contributed by atoms with E-state index in [1.54, 1.807) is 47.1 Å². The summed E-state index contributed by atoms with van der Waals surface area (Å²) in [5.41, 5.74) is 5.88. The number of rotatable bonds is 11. The number of carboxylic acid groups (broad SMARTS) is 1. The summed E-state index contributed by atoms with van der Waals surface area (Å²) >= 11 is 0. The Morgan fingerprint density at radius 3 is 2.71 bits per heavy atom. The van der Waals surface area contributed by atoms with Crippen LogP contribution in [0.15, 0.2) is 48.8 Å². The molecule has 1 aromatic carbocycles. The first-order valence-electron chi connectivity index (χ1n) is 11.3. The van der Waals surface area contributed by atoms with Crippen LogP contribution in [0.1, 0.15) is 19.4 Å². The van der Waals surface area contributed by atoms with Gasteiger partial charge in [-0.2, -0.15) is 28.2 Å². The highest BCUT2D eigenvalue weighted by Crippen LogP contribution is 2.46. The largest absolute Gasteiger partial charge is 0.480 e. The van der Waals surface area contributed by atoms with Crippen molar-refractivity contribution in [1.82, 2.24) is 24.6 Å². The summed E-state index contributed by atoms with van der Waals surface area (Å²) in [6.45, 7) is -0.337. The molecule has 0 fully saturated rings. The molecule has 0 aliphatic heterocycles. The van der Waals surface area contributed by atoms with Crippen molar-refractivity contribution in [3.8, 4) is 11.6 Å². The van der Waals surface area contributed by atoms with Gasteiger partial charge in [0.1, 0.15) is 11.8 Å². The fraction of sp³-hybridized carbons (Fsp3) is 0.364. The van der Waals surface area contributed by atoms with E-state index in [0.717, 1.165) is 0 Å². The minimum atomic E-state index is -4.57. The van der Waals surface area contributed by atoms with Crippen LogP contribution in [-0.4, -0.2) is 56.0 Å². The summed E-state index contributed by atoms with van der Waals surface area (Å²) in [6.07, 6.45) is 0.845. The summed E-state index contributed by atoms with van der Waals surface area (Å²) in [6, 6.07) is 6.62. The highest BCUT2D eigenvalue weighted by Gasteiger charge is 2.34. The molecule has 2 aromatic heterocycles. The second-order valence-electron chi connectivity index (χ2n) is 8.45. The molecular weight excluding hydrogens is 532 g/mol. The van der Waals surface area contributed by atoms with Crippen LogP contribution in [0.3, 0.4) is 0 Å². The molecule has 1 aliphatic carbocycles. The van der Waals surface area contributed by atoms with E-state index in [1.165, 1.54) is 13.3 Å². The van der Waals surface area contributed by atoms with Gasteiger partial charge in [-0.25, -0.2) is 9.55 Å². The molecule has 0 saturated heterocycles. The van der Waals surface area contributed by atoms with Crippen molar-refractivity contribution in [3.05, 3.63) is 48.8 Å². The van der Waals surface area contributed by atoms with Crippen LogP contribution in [0.2, 0.25) is 0 Å². The number of halogens is 3. The lowest BCUT2D eigenvalue weighted by molar-refractivity contribution is -0.153. The van der Waals surface area contributed by atoms with Gasteiger partial charge in [0.2, 0.25) is 11.8 Å². The number of fused-ring (bicyclic) bond motifs is 1. The summed E-state index contributed by atoms with van der Waals surface area (Å²) in [5.74, 6) is -1.95. The van der Waals surface area contributed by atoms with Crippen molar-refractivity contribution < 1.29 is 41.4 Å². The number of hydrogen-bond acceptors (Lipinski definition) is 9. The van der Waals surface area contributed by atoms with E-state index < -0.39 is 32.5 Å². The Bertz CT molecular complexity index is 1370. The molecule has 0 bridgehead atoms. The van der Waals surface area contributed by atoms with Crippen molar-refractivity contribution in [3.63, 3.8) is 0 Å². The van der Waals surface area contributed by atoms with E-state index >= 15 is 0 Å². The highest BCUT2D eigenvalue weighted by molar-refractivity contribution is 7.52. The average Bonchev–Trinajstić information content (AvgIpc) is 3.48. The third-order valence-corrected chi connectivity index (χ3v) is 7.08. The maximum absolute atomic E-state index is 13.4. The second-order valence-corrected chi connectivity index (χ2v) is 10.1. The Morgan fingerprint density at radius 2 is 2.03 bits per heavy atom. The van der Waals surface area contributed by atoms with Crippen molar-refractivity contribution in [2.45, 2.75) is 31.6 Å². The minimum absolute atomic E-state index is 0.0178. The number of nitrogens with two attached hydrogens (primary N) is 1. The van der Waals surface area contributed by atoms with Crippen molar-refractivity contribution in [2.75, 3.05) is 18.9 Å². The Balaban J connectivity index is 1.46. The number of ether oxygens (including phenoxy) is 1. The third-order valence-electron chi connectivity index (χ3n) is 5.44. The molecule has 3 aromatic rings. The Kier molecular flexibility index (Phi) is 7.90. The summed E-state index contributed by atoms with van der Waals surface area (Å²) < 4.78 is 68.7. The van der Waals surface area contributed by atoms with Gasteiger partial charge in [-0.3, -0.25) is 9.32 Å². The van der Waals surface area contributed by atoms with E-state index in [4.69, 9.17) is 19.5 Å². The zero-order chi connectivity index (χ0) is 27.5. The number of nitrogens with zero attached hydrogens (tertiary/aromatic N) is 4. The molecule has 0 unspecified atom stereocenters. The SMILES string of the molecule is C[C@H](N[P@](=O)(OC[C@@H]1C=C[C@H](n2cnc3c(OCC(F)(F)F)nc(N)nc32)C1)Oc1ccccc1)C(=O)O. The number of imidazole rings is 1. The van der Waals surface area contributed by atoms with Crippen LogP contribution in [0, 0.1) is 5.92 Å². The van der Waals surface area contributed by atoms with Crippen molar-refractivity contribution in [2.24, 2.45) is 5.92 Å². The van der Waals surface area contributed by atoms with Crippen LogP contribution < -0.4 is 20.1 Å². The Morgan fingerprint density at radius 1 is 1.29 bits per heavy atom. The molecule has 1 aliphatic rings. The number of carbonyl (C=O) groups is 1. The van der Waals surface area contributed by atoms with Gasteiger partial charge in [-0.15, -0.1) is 0 Å². The van der Waals surface area contributed by atoms with Crippen LogP contribution in [-0.2, 0) is 13.9 Å². The van der Waals surface area contributed by atoms with Crippen LogP contribution in [0.25, 0.3) is 11.2 Å². The molecular formula is C22H24F3N6O6P. The van der Waals surface area contributed by atoms with E-state index in [2.05, 4.69) is 20.0 Å². The third kappa shape index (κ3) is 6.79. The zero-order valence-corrected chi connectivity index (χ0v) is 20.8. The lowest BCUT2D eigenvalue weighted by atomic mass is 10.1. The van der Waals surface area contributed by atoms with Gasteiger partial charge < -0.3 is 24.7 Å². The molecule has 0 saturated carbocycles. The molecule has 2 heterocycles. The first kappa shape index (κ1) is 27.4. The monoisotopic (exact) mass is 556 g/mol. The Hall–Kier alpha value is -3.68. The van der Waals surface area contributed by atoms with Gasteiger partial charge in [0.15, 0.2) is 17.8 Å². The molecule has 0 amide bonds. The normalized spacial score (nSPS) is 19.8. The number of benzene rings is 1. The standard InChI is InChI=1S/C22H24F3N6O6P/c1-13(20(32)33)30-38(34,37-16-5-3-2-4-6-16)36-10-14-7-8-15(9-14)31-12-27-17-18(31)28-21(26)29-19(17)35-11-22(23,24)25/h2-8,12-15H,9-11H2,1H3,(H,30,34)(H,32,33)(H2,26,28,29)/t13-,14+,15-,38-/m0/s1. The number of allylic oxidation sites excluding steroid dienone is 1. The second kappa shape index (κ2) is 11.0. The predicted octanol–water partition coefficient (Wildman–Crippen LogP) is 3.73. The minimum Gasteiger partial charge on any atom is -0.480 e.